The van der Waals surface area contributed by atoms with Crippen molar-refractivity contribution in [2.24, 2.45) is 5.92 Å². The third-order valence-electron chi connectivity index (χ3n) is 7.85. The van der Waals surface area contributed by atoms with Gasteiger partial charge in [0.25, 0.3) is 0 Å². The molecule has 2 aliphatic rings. The van der Waals surface area contributed by atoms with Crippen LogP contribution in [-0.4, -0.2) is 72.4 Å². The van der Waals surface area contributed by atoms with Gasteiger partial charge in [-0.25, -0.2) is 0 Å². The number of piperazine rings is 1. The van der Waals surface area contributed by atoms with E-state index in [2.05, 4.69) is 49.3 Å². The number of hydrogen-bond acceptors (Lipinski definition) is 5. The van der Waals surface area contributed by atoms with E-state index in [1.54, 1.807) is 7.11 Å². The van der Waals surface area contributed by atoms with Crippen molar-refractivity contribution in [1.82, 2.24) is 14.7 Å². The highest BCUT2D eigenvalue weighted by Gasteiger charge is 2.35. The highest BCUT2D eigenvalue weighted by Crippen LogP contribution is 2.38. The summed E-state index contributed by atoms with van der Waals surface area (Å²) < 4.78 is 5.36. The Balaban J connectivity index is 1.43. The summed E-state index contributed by atoms with van der Waals surface area (Å²) in [7, 11) is 1.68. The number of benzene rings is 1. The molecule has 0 aliphatic carbocycles. The first-order valence-electron chi connectivity index (χ1n) is 13.5. The van der Waals surface area contributed by atoms with Crippen LogP contribution in [0.15, 0.2) is 35.7 Å². The van der Waals surface area contributed by atoms with Crippen molar-refractivity contribution in [3.63, 3.8) is 0 Å². The van der Waals surface area contributed by atoms with E-state index in [1.165, 1.54) is 16.0 Å². The Kier molecular flexibility index (Phi) is 9.07. The van der Waals surface area contributed by atoms with Gasteiger partial charge in [0.2, 0.25) is 11.8 Å². The Morgan fingerprint density at radius 2 is 1.89 bits per heavy atom. The van der Waals surface area contributed by atoms with Gasteiger partial charge < -0.3 is 14.5 Å². The minimum atomic E-state index is 0.0492. The number of nitrogens with zero attached hydrogens (tertiary/aromatic N) is 3. The molecular weight excluding hydrogens is 470 g/mol. The van der Waals surface area contributed by atoms with Crippen LogP contribution in [0.25, 0.3) is 0 Å². The maximum atomic E-state index is 13.5. The Morgan fingerprint density at radius 3 is 2.56 bits per heavy atom. The van der Waals surface area contributed by atoms with Crippen molar-refractivity contribution in [3.05, 3.63) is 51.7 Å². The Labute approximate surface area is 220 Å². The van der Waals surface area contributed by atoms with Gasteiger partial charge in [-0.2, -0.15) is 0 Å². The SMILES string of the molecule is CCCCC(CC)C(=O)N1CCN(C(=O)CN2CCc3sccc3C2c2ccc(OC)cc2)CC1C. The molecule has 2 aliphatic heterocycles. The Bertz CT molecular complexity index is 1020. The average molecular weight is 512 g/mol. The second kappa shape index (κ2) is 12.2. The van der Waals surface area contributed by atoms with E-state index in [9.17, 15) is 9.59 Å². The number of unbranched alkanes of at least 4 members (excludes halogenated alkanes) is 1. The molecule has 0 spiro atoms. The van der Waals surface area contributed by atoms with E-state index < -0.39 is 0 Å². The van der Waals surface area contributed by atoms with Crippen molar-refractivity contribution in [1.29, 1.82) is 0 Å². The number of rotatable bonds is 9. The summed E-state index contributed by atoms with van der Waals surface area (Å²) in [6.07, 6.45) is 5.03. The van der Waals surface area contributed by atoms with Gasteiger partial charge in [-0.15, -0.1) is 11.3 Å². The van der Waals surface area contributed by atoms with E-state index in [0.717, 1.165) is 44.4 Å². The highest BCUT2D eigenvalue weighted by atomic mass is 32.1. The van der Waals surface area contributed by atoms with Crippen molar-refractivity contribution < 1.29 is 14.3 Å². The molecule has 4 rings (SSSR count). The summed E-state index contributed by atoms with van der Waals surface area (Å²) in [6.45, 7) is 9.47. The molecule has 3 atom stereocenters. The summed E-state index contributed by atoms with van der Waals surface area (Å²) in [5.41, 5.74) is 2.50. The number of ether oxygens (including phenoxy) is 1. The monoisotopic (exact) mass is 511 g/mol. The molecule has 1 fully saturated rings. The smallest absolute Gasteiger partial charge is 0.236 e. The Morgan fingerprint density at radius 1 is 1.11 bits per heavy atom. The van der Waals surface area contributed by atoms with Gasteiger partial charge >= 0.3 is 0 Å². The fourth-order valence-electron chi connectivity index (χ4n) is 5.69. The molecule has 0 N–H and O–H groups in total. The van der Waals surface area contributed by atoms with E-state index in [1.807, 2.05) is 33.3 Å². The zero-order valence-corrected chi connectivity index (χ0v) is 23.1. The molecule has 1 aromatic carbocycles. The second-order valence-electron chi connectivity index (χ2n) is 10.2. The zero-order valence-electron chi connectivity index (χ0n) is 22.2. The lowest BCUT2D eigenvalue weighted by Gasteiger charge is -2.42. The summed E-state index contributed by atoms with van der Waals surface area (Å²) >= 11 is 1.81. The number of fused-ring (bicyclic) bond motifs is 1. The van der Waals surface area contributed by atoms with Gasteiger partial charge in [-0.1, -0.05) is 38.8 Å². The maximum absolute atomic E-state index is 13.5. The third-order valence-corrected chi connectivity index (χ3v) is 8.84. The molecule has 0 radical (unpaired) electrons. The summed E-state index contributed by atoms with van der Waals surface area (Å²) in [5.74, 6) is 1.37. The van der Waals surface area contributed by atoms with Gasteiger partial charge in [0.1, 0.15) is 5.75 Å². The molecule has 6 nitrogen and oxygen atoms in total. The lowest BCUT2D eigenvalue weighted by molar-refractivity contribution is -0.146. The molecule has 7 heteroatoms. The van der Waals surface area contributed by atoms with Crippen LogP contribution in [0.5, 0.6) is 5.75 Å². The topological polar surface area (TPSA) is 53.1 Å². The first-order chi connectivity index (χ1) is 17.5. The second-order valence-corrected chi connectivity index (χ2v) is 11.2. The lowest BCUT2D eigenvalue weighted by Crippen LogP contribution is -2.58. The zero-order chi connectivity index (χ0) is 25.7. The molecular formula is C29H41N3O3S. The van der Waals surface area contributed by atoms with Crippen LogP contribution in [0.4, 0.5) is 0 Å². The van der Waals surface area contributed by atoms with Crippen molar-refractivity contribution >= 4 is 23.2 Å². The number of amides is 2. The van der Waals surface area contributed by atoms with E-state index in [0.29, 0.717) is 26.2 Å². The van der Waals surface area contributed by atoms with Crippen molar-refractivity contribution in [3.8, 4) is 5.75 Å². The standard InChI is InChI=1S/C29H41N3O3S/c1-5-7-8-22(6-2)29(34)32-17-16-30(19-21(32)3)27(33)20-31-15-13-26-25(14-18-36-26)28(31)23-9-11-24(35-4)12-10-23/h9-12,14,18,21-22,28H,5-8,13,15-17,19-20H2,1-4H3. The van der Waals surface area contributed by atoms with E-state index in [4.69, 9.17) is 4.74 Å². The number of carbonyl (C=O) groups is 2. The summed E-state index contributed by atoms with van der Waals surface area (Å²) in [5, 5.41) is 2.16. The molecule has 0 bridgehead atoms. The summed E-state index contributed by atoms with van der Waals surface area (Å²) in [6, 6.07) is 10.6. The predicted octanol–water partition coefficient (Wildman–Crippen LogP) is 4.98. The van der Waals surface area contributed by atoms with E-state index in [-0.39, 0.29) is 29.8 Å². The third kappa shape index (κ3) is 5.78. The molecule has 0 saturated carbocycles. The maximum Gasteiger partial charge on any atom is 0.236 e. The molecule has 3 unspecified atom stereocenters. The average Bonchev–Trinajstić information content (AvgIpc) is 3.38. The van der Waals surface area contributed by atoms with Gasteiger partial charge in [-0.05, 0) is 60.9 Å². The van der Waals surface area contributed by atoms with Gasteiger partial charge in [0.05, 0.1) is 19.7 Å². The molecule has 3 heterocycles. The normalized spacial score (nSPS) is 21.2. The summed E-state index contributed by atoms with van der Waals surface area (Å²) in [4.78, 5) is 34.4. The van der Waals surface area contributed by atoms with Crippen LogP contribution in [0.2, 0.25) is 0 Å². The first kappa shape index (κ1) is 26.7. The Hall–Kier alpha value is -2.38. The number of hydrogen-bond donors (Lipinski definition) is 0. The van der Waals surface area contributed by atoms with Gasteiger partial charge in [-0.3, -0.25) is 14.5 Å². The van der Waals surface area contributed by atoms with Crippen molar-refractivity contribution in [2.45, 2.75) is 65.0 Å². The fraction of sp³-hybridized carbons (Fsp3) is 0.586. The molecule has 2 aromatic rings. The van der Waals surface area contributed by atoms with Crippen LogP contribution in [0, 0.1) is 5.92 Å². The molecule has 36 heavy (non-hydrogen) atoms. The number of thiophene rings is 1. The molecule has 2 amide bonds. The molecule has 1 aromatic heterocycles. The van der Waals surface area contributed by atoms with Crippen LogP contribution < -0.4 is 4.74 Å². The van der Waals surface area contributed by atoms with E-state index >= 15 is 0 Å². The van der Waals surface area contributed by atoms with Crippen LogP contribution >= 0.6 is 11.3 Å². The fourth-order valence-corrected chi connectivity index (χ4v) is 6.59. The number of methoxy groups -OCH3 is 1. The largest absolute Gasteiger partial charge is 0.497 e. The molecule has 1 saturated heterocycles. The van der Waals surface area contributed by atoms with Crippen LogP contribution in [-0.2, 0) is 16.0 Å². The quantitative estimate of drug-likeness (QED) is 0.477. The van der Waals surface area contributed by atoms with Gasteiger partial charge in [0, 0.05) is 43.0 Å². The molecule has 196 valence electrons. The van der Waals surface area contributed by atoms with Gasteiger partial charge in [0.15, 0.2) is 0 Å². The lowest BCUT2D eigenvalue weighted by atomic mass is 9.93. The van der Waals surface area contributed by atoms with Crippen molar-refractivity contribution in [2.75, 3.05) is 39.8 Å². The highest BCUT2D eigenvalue weighted by molar-refractivity contribution is 7.10. The minimum absolute atomic E-state index is 0.0492. The first-order valence-corrected chi connectivity index (χ1v) is 14.4. The minimum Gasteiger partial charge on any atom is -0.497 e. The van der Waals surface area contributed by atoms with Crippen LogP contribution in [0.1, 0.15) is 68.5 Å². The van der Waals surface area contributed by atoms with Crippen LogP contribution in [0.3, 0.4) is 0 Å². The predicted molar refractivity (Wildman–Crippen MR) is 145 cm³/mol. The number of carbonyl (C=O) groups excluding carboxylic acids is 2.